The van der Waals surface area contributed by atoms with E-state index in [-0.39, 0.29) is 5.92 Å². The SMILES string of the molecule is COCCCCCCOc1ccc(-c2nn3c(C4CCC(C(=O)O)CC4)cnc3s2)cc1. The van der Waals surface area contributed by atoms with Gasteiger partial charge in [0.2, 0.25) is 4.96 Å². The second-order valence-electron chi connectivity index (χ2n) is 8.45. The van der Waals surface area contributed by atoms with Gasteiger partial charge >= 0.3 is 5.97 Å². The van der Waals surface area contributed by atoms with Crippen LogP contribution in [-0.4, -0.2) is 46.0 Å². The number of hydrogen-bond acceptors (Lipinski definition) is 6. The average Bonchev–Trinajstić information content (AvgIpc) is 3.40. The Hall–Kier alpha value is -2.45. The van der Waals surface area contributed by atoms with Crippen molar-refractivity contribution in [3.8, 4) is 16.3 Å². The van der Waals surface area contributed by atoms with Gasteiger partial charge < -0.3 is 14.6 Å². The molecule has 2 aromatic heterocycles. The lowest BCUT2D eigenvalue weighted by Gasteiger charge is -2.25. The Morgan fingerprint density at radius 3 is 2.50 bits per heavy atom. The van der Waals surface area contributed by atoms with E-state index < -0.39 is 5.97 Å². The van der Waals surface area contributed by atoms with Gasteiger partial charge in [-0.15, -0.1) is 0 Å². The number of carboxylic acid groups (broad SMARTS) is 1. The van der Waals surface area contributed by atoms with Crippen molar-refractivity contribution in [1.82, 2.24) is 14.6 Å². The van der Waals surface area contributed by atoms with Crippen molar-refractivity contribution in [2.24, 2.45) is 5.92 Å². The van der Waals surface area contributed by atoms with Gasteiger partial charge in [-0.25, -0.2) is 9.50 Å². The van der Waals surface area contributed by atoms with Gasteiger partial charge in [-0.2, -0.15) is 5.10 Å². The molecule has 1 fully saturated rings. The summed E-state index contributed by atoms with van der Waals surface area (Å²) in [4.78, 5) is 16.7. The fourth-order valence-electron chi connectivity index (χ4n) is 4.33. The molecule has 0 radical (unpaired) electrons. The minimum atomic E-state index is -0.674. The van der Waals surface area contributed by atoms with Crippen LogP contribution in [0.25, 0.3) is 15.5 Å². The van der Waals surface area contributed by atoms with E-state index in [1.54, 1.807) is 18.4 Å². The van der Waals surface area contributed by atoms with Gasteiger partial charge in [0.05, 0.1) is 24.4 Å². The van der Waals surface area contributed by atoms with Crippen molar-refractivity contribution in [1.29, 1.82) is 0 Å². The Labute approximate surface area is 192 Å². The molecule has 1 aliphatic rings. The van der Waals surface area contributed by atoms with Crippen molar-refractivity contribution in [2.45, 2.75) is 57.3 Å². The lowest BCUT2D eigenvalue weighted by atomic mass is 9.81. The third kappa shape index (κ3) is 5.48. The summed E-state index contributed by atoms with van der Waals surface area (Å²) in [5, 5.41) is 15.0. The highest BCUT2D eigenvalue weighted by Gasteiger charge is 2.29. The van der Waals surface area contributed by atoms with E-state index in [1.165, 1.54) is 6.42 Å². The van der Waals surface area contributed by atoms with Crippen molar-refractivity contribution < 1.29 is 19.4 Å². The molecule has 7 nitrogen and oxygen atoms in total. The number of nitrogens with zero attached hydrogens (tertiary/aromatic N) is 3. The summed E-state index contributed by atoms with van der Waals surface area (Å²) in [6.45, 7) is 1.56. The van der Waals surface area contributed by atoms with E-state index in [1.807, 2.05) is 35.0 Å². The zero-order valence-corrected chi connectivity index (χ0v) is 19.4. The lowest BCUT2D eigenvalue weighted by Crippen LogP contribution is -2.21. The zero-order chi connectivity index (χ0) is 22.3. The smallest absolute Gasteiger partial charge is 0.306 e. The Morgan fingerprint density at radius 2 is 1.81 bits per heavy atom. The molecular formula is C24H31N3O4S. The van der Waals surface area contributed by atoms with Crippen LogP contribution in [0.15, 0.2) is 30.5 Å². The van der Waals surface area contributed by atoms with Crippen molar-refractivity contribution in [3.63, 3.8) is 0 Å². The Morgan fingerprint density at radius 1 is 1.09 bits per heavy atom. The van der Waals surface area contributed by atoms with Gasteiger partial charge in [-0.1, -0.05) is 17.8 Å². The van der Waals surface area contributed by atoms with Crippen molar-refractivity contribution in [2.75, 3.05) is 20.3 Å². The first-order chi connectivity index (χ1) is 15.7. The average molecular weight is 458 g/mol. The summed E-state index contributed by atoms with van der Waals surface area (Å²) in [6.07, 6.45) is 9.57. The first-order valence-electron chi connectivity index (χ1n) is 11.4. The number of carbonyl (C=O) groups is 1. The highest BCUT2D eigenvalue weighted by atomic mass is 32.1. The van der Waals surface area contributed by atoms with E-state index in [0.29, 0.717) is 5.92 Å². The number of imidazole rings is 1. The lowest BCUT2D eigenvalue weighted by molar-refractivity contribution is -0.142. The molecule has 0 bridgehead atoms. The largest absolute Gasteiger partial charge is 0.494 e. The van der Waals surface area contributed by atoms with Crippen LogP contribution in [0.3, 0.4) is 0 Å². The molecule has 3 aromatic rings. The fraction of sp³-hybridized carbons (Fsp3) is 0.542. The molecule has 8 heteroatoms. The molecule has 0 unspecified atom stereocenters. The standard InChI is InChI=1S/C24H31N3O4S/c1-30-14-4-2-3-5-15-31-20-12-10-18(11-13-20)22-26-27-21(16-25-24(27)32-22)17-6-8-19(9-7-17)23(28)29/h10-13,16-17,19H,2-9,14-15H2,1H3,(H,28,29). The fourth-order valence-corrected chi connectivity index (χ4v) is 5.21. The van der Waals surface area contributed by atoms with E-state index in [0.717, 1.165) is 85.1 Å². The third-order valence-corrected chi connectivity index (χ3v) is 7.19. The van der Waals surface area contributed by atoms with Crippen LogP contribution in [0, 0.1) is 5.92 Å². The molecule has 4 rings (SSSR count). The molecular weight excluding hydrogens is 426 g/mol. The minimum Gasteiger partial charge on any atom is -0.494 e. The number of fused-ring (bicyclic) bond motifs is 1. The first kappa shape index (κ1) is 22.7. The zero-order valence-electron chi connectivity index (χ0n) is 18.5. The number of unbranched alkanes of at least 4 members (excludes halogenated alkanes) is 3. The maximum absolute atomic E-state index is 11.2. The predicted octanol–water partition coefficient (Wildman–Crippen LogP) is 5.40. The molecule has 1 N–H and O–H groups in total. The number of carboxylic acids is 1. The molecule has 1 aromatic carbocycles. The molecule has 1 saturated carbocycles. The summed E-state index contributed by atoms with van der Waals surface area (Å²) in [6, 6.07) is 8.09. The first-order valence-corrected chi connectivity index (χ1v) is 12.3. The van der Waals surface area contributed by atoms with Crippen LogP contribution >= 0.6 is 11.3 Å². The summed E-state index contributed by atoms with van der Waals surface area (Å²) in [5.41, 5.74) is 2.14. The summed E-state index contributed by atoms with van der Waals surface area (Å²) >= 11 is 1.57. The number of aliphatic carboxylic acids is 1. The van der Waals surface area contributed by atoms with Gasteiger partial charge in [0.25, 0.3) is 0 Å². The van der Waals surface area contributed by atoms with E-state index in [4.69, 9.17) is 14.6 Å². The number of aromatic nitrogens is 3. The number of benzene rings is 1. The maximum Gasteiger partial charge on any atom is 0.306 e. The van der Waals surface area contributed by atoms with Crippen LogP contribution in [0.4, 0.5) is 0 Å². The van der Waals surface area contributed by atoms with Gasteiger partial charge in [-0.3, -0.25) is 4.79 Å². The monoisotopic (exact) mass is 457 g/mol. The van der Waals surface area contributed by atoms with Gasteiger partial charge in [-0.05, 0) is 69.2 Å². The van der Waals surface area contributed by atoms with Crippen molar-refractivity contribution in [3.05, 3.63) is 36.2 Å². The second kappa shape index (κ2) is 10.9. The minimum absolute atomic E-state index is 0.211. The summed E-state index contributed by atoms with van der Waals surface area (Å²) < 4.78 is 12.9. The van der Waals surface area contributed by atoms with Crippen LogP contribution in [0.1, 0.15) is 63.0 Å². The van der Waals surface area contributed by atoms with Gasteiger partial charge in [0.1, 0.15) is 10.8 Å². The third-order valence-electron chi connectivity index (χ3n) is 6.22. The molecule has 0 atom stereocenters. The molecule has 0 saturated heterocycles. The molecule has 0 amide bonds. The topological polar surface area (TPSA) is 86.0 Å². The van der Waals surface area contributed by atoms with Gasteiger partial charge in [0.15, 0.2) is 0 Å². The summed E-state index contributed by atoms with van der Waals surface area (Å²) in [5.74, 6) is 0.313. The number of ether oxygens (including phenoxy) is 2. The highest BCUT2D eigenvalue weighted by molar-refractivity contribution is 7.19. The van der Waals surface area contributed by atoms with E-state index in [2.05, 4.69) is 4.98 Å². The Kier molecular flexibility index (Phi) is 7.76. The Balaban J connectivity index is 1.34. The molecule has 32 heavy (non-hydrogen) atoms. The van der Waals surface area contributed by atoms with E-state index >= 15 is 0 Å². The highest BCUT2D eigenvalue weighted by Crippen LogP contribution is 2.37. The number of rotatable bonds is 11. The van der Waals surface area contributed by atoms with Crippen molar-refractivity contribution >= 4 is 22.3 Å². The quantitative estimate of drug-likeness (QED) is 0.388. The predicted molar refractivity (Wildman–Crippen MR) is 124 cm³/mol. The molecule has 2 heterocycles. The van der Waals surface area contributed by atoms with E-state index in [9.17, 15) is 9.90 Å². The van der Waals surface area contributed by atoms with Crippen LogP contribution in [0.2, 0.25) is 0 Å². The number of methoxy groups -OCH3 is 1. The maximum atomic E-state index is 11.2. The molecule has 0 spiro atoms. The molecule has 172 valence electrons. The summed E-state index contributed by atoms with van der Waals surface area (Å²) in [7, 11) is 1.74. The number of hydrogen-bond donors (Lipinski definition) is 1. The second-order valence-corrected chi connectivity index (χ2v) is 9.41. The van der Waals surface area contributed by atoms with Crippen LogP contribution < -0.4 is 4.74 Å². The molecule has 1 aliphatic carbocycles. The normalized spacial score (nSPS) is 18.8. The Bertz CT molecular complexity index is 1010. The van der Waals surface area contributed by atoms with Crippen LogP contribution in [-0.2, 0) is 9.53 Å². The molecule has 0 aliphatic heterocycles. The van der Waals surface area contributed by atoms with Crippen LogP contribution in [0.5, 0.6) is 5.75 Å². The van der Waals surface area contributed by atoms with Gasteiger partial charge in [0, 0.05) is 25.2 Å².